The summed E-state index contributed by atoms with van der Waals surface area (Å²) in [6.45, 7) is 2.19. The molecule has 0 radical (unpaired) electrons. The van der Waals surface area contributed by atoms with Gasteiger partial charge in [0.05, 0.1) is 19.9 Å². The van der Waals surface area contributed by atoms with Crippen molar-refractivity contribution in [3.05, 3.63) is 54.1 Å². The van der Waals surface area contributed by atoms with Crippen molar-refractivity contribution >= 4 is 5.69 Å². The summed E-state index contributed by atoms with van der Waals surface area (Å²) in [5.74, 6) is 1.66. The molecule has 3 heteroatoms. The second-order valence-electron chi connectivity index (χ2n) is 5.01. The monoisotopic (exact) mass is 285 g/mol. The van der Waals surface area contributed by atoms with Crippen molar-refractivity contribution in [2.75, 3.05) is 19.5 Å². The number of rotatable bonds is 7. The summed E-state index contributed by atoms with van der Waals surface area (Å²) in [4.78, 5) is 0. The highest BCUT2D eigenvalue weighted by molar-refractivity contribution is 5.60. The number of anilines is 1. The third kappa shape index (κ3) is 4.15. The SMILES string of the molecule is CCC(Cc1ccccc1)Nc1cc(OC)ccc1OC. The molecular formula is C18H23NO2. The van der Waals surface area contributed by atoms with Crippen LogP contribution in [0.15, 0.2) is 48.5 Å². The summed E-state index contributed by atoms with van der Waals surface area (Å²) >= 11 is 0. The van der Waals surface area contributed by atoms with Gasteiger partial charge in [-0.1, -0.05) is 37.3 Å². The van der Waals surface area contributed by atoms with E-state index < -0.39 is 0 Å². The molecule has 3 nitrogen and oxygen atoms in total. The second kappa shape index (κ2) is 7.58. The maximum Gasteiger partial charge on any atom is 0.142 e. The van der Waals surface area contributed by atoms with Gasteiger partial charge in [0.15, 0.2) is 0 Å². The third-order valence-electron chi connectivity index (χ3n) is 3.58. The molecule has 0 aliphatic carbocycles. The van der Waals surface area contributed by atoms with Crippen molar-refractivity contribution in [2.45, 2.75) is 25.8 Å². The zero-order chi connectivity index (χ0) is 15.1. The molecular weight excluding hydrogens is 262 g/mol. The normalized spacial score (nSPS) is 11.8. The minimum atomic E-state index is 0.355. The highest BCUT2D eigenvalue weighted by atomic mass is 16.5. The Morgan fingerprint density at radius 1 is 1.00 bits per heavy atom. The summed E-state index contributed by atoms with van der Waals surface area (Å²) in [5.41, 5.74) is 2.30. The number of benzene rings is 2. The summed E-state index contributed by atoms with van der Waals surface area (Å²) in [6.07, 6.45) is 2.02. The van der Waals surface area contributed by atoms with E-state index in [1.165, 1.54) is 5.56 Å². The van der Waals surface area contributed by atoms with Gasteiger partial charge in [-0.05, 0) is 30.5 Å². The molecule has 0 aromatic heterocycles. The van der Waals surface area contributed by atoms with Gasteiger partial charge in [0.1, 0.15) is 11.5 Å². The topological polar surface area (TPSA) is 30.5 Å². The van der Waals surface area contributed by atoms with E-state index in [-0.39, 0.29) is 0 Å². The molecule has 21 heavy (non-hydrogen) atoms. The summed E-state index contributed by atoms with van der Waals surface area (Å²) in [5, 5.41) is 3.57. The lowest BCUT2D eigenvalue weighted by Crippen LogP contribution is -2.21. The van der Waals surface area contributed by atoms with E-state index in [2.05, 4.69) is 36.5 Å². The lowest BCUT2D eigenvalue weighted by atomic mass is 10.0. The Bertz CT molecular complexity index is 554. The number of hydrogen-bond acceptors (Lipinski definition) is 3. The van der Waals surface area contributed by atoms with Gasteiger partial charge in [0, 0.05) is 12.1 Å². The van der Waals surface area contributed by atoms with Crippen LogP contribution in [0.25, 0.3) is 0 Å². The molecule has 1 unspecified atom stereocenters. The molecule has 0 bridgehead atoms. The van der Waals surface area contributed by atoms with Crippen molar-refractivity contribution in [1.29, 1.82) is 0 Å². The van der Waals surface area contributed by atoms with Crippen molar-refractivity contribution in [1.82, 2.24) is 0 Å². The van der Waals surface area contributed by atoms with E-state index in [1.807, 2.05) is 24.3 Å². The van der Waals surface area contributed by atoms with E-state index in [1.54, 1.807) is 14.2 Å². The van der Waals surface area contributed by atoms with E-state index in [9.17, 15) is 0 Å². The van der Waals surface area contributed by atoms with Gasteiger partial charge in [-0.3, -0.25) is 0 Å². The Morgan fingerprint density at radius 2 is 1.76 bits per heavy atom. The van der Waals surface area contributed by atoms with Crippen LogP contribution >= 0.6 is 0 Å². The van der Waals surface area contributed by atoms with Crippen LogP contribution in [0.1, 0.15) is 18.9 Å². The fourth-order valence-electron chi connectivity index (χ4n) is 2.34. The standard InChI is InChI=1S/C18H23NO2/c1-4-15(12-14-8-6-5-7-9-14)19-17-13-16(20-2)10-11-18(17)21-3/h5-11,13,15,19H,4,12H2,1-3H3. The first-order valence-corrected chi connectivity index (χ1v) is 7.29. The molecule has 0 saturated carbocycles. The molecule has 2 aromatic carbocycles. The lowest BCUT2D eigenvalue weighted by Gasteiger charge is -2.20. The van der Waals surface area contributed by atoms with Gasteiger partial charge in [-0.2, -0.15) is 0 Å². The molecule has 2 aromatic rings. The Morgan fingerprint density at radius 3 is 2.38 bits per heavy atom. The maximum absolute atomic E-state index is 5.42. The molecule has 112 valence electrons. The average molecular weight is 285 g/mol. The predicted octanol–water partition coefficient (Wildman–Crippen LogP) is 4.14. The number of hydrogen-bond donors (Lipinski definition) is 1. The van der Waals surface area contributed by atoms with Gasteiger partial charge in [0.25, 0.3) is 0 Å². The van der Waals surface area contributed by atoms with Crippen LogP contribution in [-0.2, 0) is 6.42 Å². The maximum atomic E-state index is 5.42. The zero-order valence-corrected chi connectivity index (χ0v) is 12.9. The van der Waals surface area contributed by atoms with Crippen LogP contribution in [0.2, 0.25) is 0 Å². The first kappa shape index (κ1) is 15.2. The molecule has 0 aliphatic heterocycles. The first-order chi connectivity index (χ1) is 10.3. The smallest absolute Gasteiger partial charge is 0.142 e. The second-order valence-corrected chi connectivity index (χ2v) is 5.01. The minimum absolute atomic E-state index is 0.355. The molecule has 0 heterocycles. The highest BCUT2D eigenvalue weighted by Gasteiger charge is 2.11. The van der Waals surface area contributed by atoms with Gasteiger partial charge in [-0.25, -0.2) is 0 Å². The van der Waals surface area contributed by atoms with Gasteiger partial charge < -0.3 is 14.8 Å². The predicted molar refractivity (Wildman–Crippen MR) is 87.4 cm³/mol. The van der Waals surface area contributed by atoms with E-state index >= 15 is 0 Å². The largest absolute Gasteiger partial charge is 0.497 e. The quantitative estimate of drug-likeness (QED) is 0.829. The molecule has 0 spiro atoms. The molecule has 2 rings (SSSR count). The van der Waals surface area contributed by atoms with E-state index in [0.717, 1.165) is 30.0 Å². The van der Waals surface area contributed by atoms with Crippen LogP contribution in [0.3, 0.4) is 0 Å². The van der Waals surface area contributed by atoms with Crippen LogP contribution in [-0.4, -0.2) is 20.3 Å². The van der Waals surface area contributed by atoms with Crippen LogP contribution < -0.4 is 14.8 Å². The Kier molecular flexibility index (Phi) is 5.50. The fourth-order valence-corrected chi connectivity index (χ4v) is 2.34. The van der Waals surface area contributed by atoms with Crippen molar-refractivity contribution in [3.63, 3.8) is 0 Å². The third-order valence-corrected chi connectivity index (χ3v) is 3.58. The Balaban J connectivity index is 2.14. The van der Waals surface area contributed by atoms with Crippen molar-refractivity contribution in [2.24, 2.45) is 0 Å². The minimum Gasteiger partial charge on any atom is -0.497 e. The molecule has 0 amide bonds. The highest BCUT2D eigenvalue weighted by Crippen LogP contribution is 2.30. The summed E-state index contributed by atoms with van der Waals surface area (Å²) < 4.78 is 10.7. The van der Waals surface area contributed by atoms with E-state index in [0.29, 0.717) is 6.04 Å². The Labute approximate surface area is 126 Å². The van der Waals surface area contributed by atoms with Crippen LogP contribution in [0.4, 0.5) is 5.69 Å². The summed E-state index contributed by atoms with van der Waals surface area (Å²) in [6, 6.07) is 16.7. The van der Waals surface area contributed by atoms with Crippen molar-refractivity contribution < 1.29 is 9.47 Å². The molecule has 0 aliphatic rings. The fraction of sp³-hybridized carbons (Fsp3) is 0.333. The van der Waals surface area contributed by atoms with Crippen LogP contribution in [0.5, 0.6) is 11.5 Å². The summed E-state index contributed by atoms with van der Waals surface area (Å²) in [7, 11) is 3.36. The number of nitrogens with one attached hydrogen (secondary N) is 1. The first-order valence-electron chi connectivity index (χ1n) is 7.29. The van der Waals surface area contributed by atoms with E-state index in [4.69, 9.17) is 9.47 Å². The number of methoxy groups -OCH3 is 2. The number of ether oxygens (including phenoxy) is 2. The molecule has 1 atom stereocenters. The van der Waals surface area contributed by atoms with Gasteiger partial charge in [-0.15, -0.1) is 0 Å². The van der Waals surface area contributed by atoms with Crippen LogP contribution in [0, 0.1) is 0 Å². The average Bonchev–Trinajstić information content (AvgIpc) is 2.55. The molecule has 1 N–H and O–H groups in total. The molecule has 0 fully saturated rings. The lowest BCUT2D eigenvalue weighted by molar-refractivity contribution is 0.404. The molecule has 0 saturated heterocycles. The Hall–Kier alpha value is -2.16. The van der Waals surface area contributed by atoms with Gasteiger partial charge in [0.2, 0.25) is 0 Å². The van der Waals surface area contributed by atoms with Crippen molar-refractivity contribution in [3.8, 4) is 11.5 Å². The van der Waals surface area contributed by atoms with Gasteiger partial charge >= 0.3 is 0 Å². The zero-order valence-electron chi connectivity index (χ0n) is 12.9.